The first-order valence-corrected chi connectivity index (χ1v) is 6.68. The van der Waals surface area contributed by atoms with E-state index < -0.39 is 4.92 Å². The van der Waals surface area contributed by atoms with Crippen molar-refractivity contribution in [1.29, 1.82) is 0 Å². The van der Waals surface area contributed by atoms with E-state index >= 15 is 0 Å². The second-order valence-corrected chi connectivity index (χ2v) is 5.18. The summed E-state index contributed by atoms with van der Waals surface area (Å²) in [6, 6.07) is 6.35. The number of benzene rings is 1. The molecule has 0 amide bonds. The predicted molar refractivity (Wildman–Crippen MR) is 76.8 cm³/mol. The van der Waals surface area contributed by atoms with Gasteiger partial charge < -0.3 is 4.90 Å². The smallest absolute Gasteiger partial charge is 0.287 e. The molecule has 0 radical (unpaired) electrons. The molecule has 5 nitrogen and oxygen atoms in total. The van der Waals surface area contributed by atoms with E-state index in [-0.39, 0.29) is 11.5 Å². The van der Waals surface area contributed by atoms with E-state index in [1.807, 2.05) is 6.92 Å². The van der Waals surface area contributed by atoms with Crippen LogP contribution in [0.4, 0.5) is 15.9 Å². The molecular weight excluding hydrogens is 273 g/mol. The first-order valence-electron chi connectivity index (χ1n) is 6.68. The SMILES string of the molecule is Cc1cc([N+](=O)[O-])cnc1N1CCc2cc(F)ccc2C1. The van der Waals surface area contributed by atoms with Crippen molar-refractivity contribution < 1.29 is 9.31 Å². The van der Waals surface area contributed by atoms with Gasteiger partial charge in [-0.3, -0.25) is 10.1 Å². The van der Waals surface area contributed by atoms with Gasteiger partial charge in [0.15, 0.2) is 0 Å². The van der Waals surface area contributed by atoms with Gasteiger partial charge in [0.2, 0.25) is 0 Å². The van der Waals surface area contributed by atoms with E-state index in [0.29, 0.717) is 6.54 Å². The number of nitro groups is 1. The van der Waals surface area contributed by atoms with Crippen LogP contribution < -0.4 is 4.90 Å². The lowest BCUT2D eigenvalue weighted by Crippen LogP contribution is -2.31. The molecule has 0 unspecified atom stereocenters. The average Bonchev–Trinajstić information content (AvgIpc) is 2.46. The van der Waals surface area contributed by atoms with Crippen LogP contribution in [0.25, 0.3) is 0 Å². The van der Waals surface area contributed by atoms with Crippen LogP contribution in [0, 0.1) is 22.9 Å². The van der Waals surface area contributed by atoms with Crippen molar-refractivity contribution in [2.45, 2.75) is 19.9 Å². The minimum Gasteiger partial charge on any atom is -0.352 e. The van der Waals surface area contributed by atoms with E-state index in [9.17, 15) is 14.5 Å². The van der Waals surface area contributed by atoms with Crippen LogP contribution in [0.2, 0.25) is 0 Å². The Bertz CT molecular complexity index is 718. The maximum Gasteiger partial charge on any atom is 0.287 e. The number of pyridine rings is 1. The summed E-state index contributed by atoms with van der Waals surface area (Å²) < 4.78 is 13.2. The van der Waals surface area contributed by atoms with Crippen LogP contribution >= 0.6 is 0 Å². The molecule has 0 N–H and O–H groups in total. The van der Waals surface area contributed by atoms with Crippen molar-refractivity contribution in [3.63, 3.8) is 0 Å². The molecule has 6 heteroatoms. The highest BCUT2D eigenvalue weighted by Crippen LogP contribution is 2.27. The maximum atomic E-state index is 13.2. The van der Waals surface area contributed by atoms with Crippen molar-refractivity contribution in [3.05, 3.63) is 63.1 Å². The molecular formula is C15H14FN3O2. The van der Waals surface area contributed by atoms with E-state index in [4.69, 9.17) is 0 Å². The molecule has 1 aliphatic heterocycles. The molecule has 108 valence electrons. The summed E-state index contributed by atoms with van der Waals surface area (Å²) in [5.74, 6) is 0.530. The molecule has 0 aliphatic carbocycles. The fourth-order valence-electron chi connectivity index (χ4n) is 2.69. The Balaban J connectivity index is 1.89. The van der Waals surface area contributed by atoms with Gasteiger partial charge in [0.1, 0.15) is 17.8 Å². The maximum absolute atomic E-state index is 13.2. The number of hydrogen-bond donors (Lipinski definition) is 0. The number of fused-ring (bicyclic) bond motifs is 1. The molecule has 0 fully saturated rings. The molecule has 0 saturated heterocycles. The number of rotatable bonds is 2. The van der Waals surface area contributed by atoms with Gasteiger partial charge in [0.05, 0.1) is 4.92 Å². The van der Waals surface area contributed by atoms with Gasteiger partial charge >= 0.3 is 0 Å². The summed E-state index contributed by atoms with van der Waals surface area (Å²) in [6.07, 6.45) is 2.02. The summed E-state index contributed by atoms with van der Waals surface area (Å²) in [7, 11) is 0. The topological polar surface area (TPSA) is 59.3 Å². The number of aryl methyl sites for hydroxylation is 1. The molecule has 0 bridgehead atoms. The van der Waals surface area contributed by atoms with Crippen molar-refractivity contribution in [2.75, 3.05) is 11.4 Å². The molecule has 0 saturated carbocycles. The van der Waals surface area contributed by atoms with Crippen LogP contribution in [0.5, 0.6) is 0 Å². The summed E-state index contributed by atoms with van der Waals surface area (Å²) >= 11 is 0. The van der Waals surface area contributed by atoms with Crippen LogP contribution in [-0.4, -0.2) is 16.5 Å². The molecule has 0 spiro atoms. The zero-order valence-corrected chi connectivity index (χ0v) is 11.5. The standard InChI is InChI=1S/C15H14FN3O2/c1-10-6-14(19(20)21)8-17-15(10)18-5-4-11-7-13(16)3-2-12(11)9-18/h2-3,6-8H,4-5,9H2,1H3. The van der Waals surface area contributed by atoms with Crippen LogP contribution in [0.15, 0.2) is 30.5 Å². The van der Waals surface area contributed by atoms with Crippen molar-refractivity contribution in [2.24, 2.45) is 0 Å². The Morgan fingerprint density at radius 2 is 2.14 bits per heavy atom. The van der Waals surface area contributed by atoms with Gasteiger partial charge in [-0.25, -0.2) is 9.37 Å². The van der Waals surface area contributed by atoms with Crippen LogP contribution in [0.3, 0.4) is 0 Å². The quantitative estimate of drug-likeness (QED) is 0.629. The predicted octanol–water partition coefficient (Wildman–Crippen LogP) is 3.00. The minimum absolute atomic E-state index is 0.00395. The number of aromatic nitrogens is 1. The van der Waals surface area contributed by atoms with Crippen LogP contribution in [-0.2, 0) is 13.0 Å². The third-order valence-corrected chi connectivity index (χ3v) is 3.73. The molecule has 2 aromatic rings. The zero-order valence-electron chi connectivity index (χ0n) is 11.5. The summed E-state index contributed by atoms with van der Waals surface area (Å²) in [5.41, 5.74) is 2.86. The Labute approximate surface area is 121 Å². The van der Waals surface area contributed by atoms with Gasteiger partial charge in [0.25, 0.3) is 5.69 Å². The van der Waals surface area contributed by atoms with Crippen molar-refractivity contribution in [3.8, 4) is 0 Å². The van der Waals surface area contributed by atoms with Gasteiger partial charge in [-0.15, -0.1) is 0 Å². The molecule has 1 aliphatic rings. The largest absolute Gasteiger partial charge is 0.352 e. The third kappa shape index (κ3) is 2.56. The van der Waals surface area contributed by atoms with Gasteiger partial charge in [0, 0.05) is 19.2 Å². The summed E-state index contributed by atoms with van der Waals surface area (Å²) in [4.78, 5) is 16.6. The van der Waals surface area contributed by atoms with Crippen molar-refractivity contribution in [1.82, 2.24) is 4.98 Å². The lowest BCUT2D eigenvalue weighted by molar-refractivity contribution is -0.385. The van der Waals surface area contributed by atoms with E-state index in [2.05, 4.69) is 9.88 Å². The number of nitrogens with zero attached hydrogens (tertiary/aromatic N) is 3. The fourth-order valence-corrected chi connectivity index (χ4v) is 2.69. The Kier molecular flexibility index (Phi) is 3.29. The highest BCUT2D eigenvalue weighted by Gasteiger charge is 2.20. The monoisotopic (exact) mass is 287 g/mol. The minimum atomic E-state index is -0.446. The molecule has 21 heavy (non-hydrogen) atoms. The summed E-state index contributed by atoms with van der Waals surface area (Å²) in [6.45, 7) is 3.18. The first kappa shape index (κ1) is 13.5. The van der Waals surface area contributed by atoms with Gasteiger partial charge in [-0.1, -0.05) is 6.07 Å². The third-order valence-electron chi connectivity index (χ3n) is 3.73. The molecule has 1 aromatic carbocycles. The lowest BCUT2D eigenvalue weighted by atomic mass is 9.99. The second kappa shape index (κ2) is 5.12. The van der Waals surface area contributed by atoms with E-state index in [1.165, 1.54) is 18.3 Å². The Morgan fingerprint density at radius 1 is 1.33 bits per heavy atom. The lowest BCUT2D eigenvalue weighted by Gasteiger charge is -2.30. The zero-order chi connectivity index (χ0) is 15.0. The van der Waals surface area contributed by atoms with Crippen LogP contribution in [0.1, 0.15) is 16.7 Å². The Morgan fingerprint density at radius 3 is 2.86 bits per heavy atom. The molecule has 3 rings (SSSR count). The Hall–Kier alpha value is -2.50. The van der Waals surface area contributed by atoms with E-state index in [0.717, 1.165) is 35.5 Å². The molecule has 0 atom stereocenters. The van der Waals surface area contributed by atoms with Gasteiger partial charge in [-0.05, 0) is 42.2 Å². The summed E-state index contributed by atoms with van der Waals surface area (Å²) in [5, 5.41) is 10.8. The molecule has 2 heterocycles. The second-order valence-electron chi connectivity index (χ2n) is 5.18. The van der Waals surface area contributed by atoms with Gasteiger partial charge in [-0.2, -0.15) is 0 Å². The first-order chi connectivity index (χ1) is 10.0. The highest BCUT2D eigenvalue weighted by atomic mass is 19.1. The fraction of sp³-hybridized carbons (Fsp3) is 0.267. The highest BCUT2D eigenvalue weighted by molar-refractivity contribution is 5.52. The average molecular weight is 287 g/mol. The normalized spacial score (nSPS) is 13.9. The van der Waals surface area contributed by atoms with Crippen molar-refractivity contribution >= 4 is 11.5 Å². The number of halogens is 1. The van der Waals surface area contributed by atoms with E-state index in [1.54, 1.807) is 12.1 Å². The number of hydrogen-bond acceptors (Lipinski definition) is 4. The molecule has 1 aromatic heterocycles. The number of anilines is 1.